The van der Waals surface area contributed by atoms with Crippen LogP contribution in [0.25, 0.3) is 0 Å². The Morgan fingerprint density at radius 1 is 1.00 bits per heavy atom. The maximum Gasteiger partial charge on any atom is 0.105 e. The van der Waals surface area contributed by atoms with Crippen LogP contribution in [0.15, 0.2) is 59.6 Å². The number of hydrogen-bond acceptors (Lipinski definition) is 2. The smallest absolute Gasteiger partial charge is 0.105 e. The van der Waals surface area contributed by atoms with Gasteiger partial charge in [-0.05, 0) is 17.5 Å². The number of benzene rings is 2. The van der Waals surface area contributed by atoms with Crippen LogP contribution >= 0.6 is 0 Å². The molecule has 0 spiro atoms. The minimum Gasteiger partial charge on any atom is -0.349 e. The van der Waals surface area contributed by atoms with Crippen molar-refractivity contribution in [1.82, 2.24) is 4.90 Å². The minimum absolute atomic E-state index is 0.271. The Labute approximate surface area is 133 Å². The van der Waals surface area contributed by atoms with Gasteiger partial charge in [-0.1, -0.05) is 69.3 Å². The summed E-state index contributed by atoms with van der Waals surface area (Å²) in [5, 5.41) is 0. The Bertz CT molecular complexity index is 658. The summed E-state index contributed by atoms with van der Waals surface area (Å²) in [6.07, 6.45) is 0.963. The molecule has 2 aromatic carbocycles. The molecule has 2 heteroatoms. The van der Waals surface area contributed by atoms with Crippen molar-refractivity contribution in [2.24, 2.45) is 10.9 Å². The first-order valence-electron chi connectivity index (χ1n) is 8.18. The molecule has 0 amide bonds. The molecule has 0 saturated heterocycles. The zero-order chi connectivity index (χ0) is 15.5. The fraction of sp³-hybridized carbons (Fsp3) is 0.350. The van der Waals surface area contributed by atoms with Gasteiger partial charge in [0.1, 0.15) is 5.84 Å². The van der Waals surface area contributed by atoms with Crippen LogP contribution in [0, 0.1) is 5.92 Å². The van der Waals surface area contributed by atoms with E-state index in [9.17, 15) is 0 Å². The highest BCUT2D eigenvalue weighted by molar-refractivity contribution is 5.88. The molecule has 0 saturated carbocycles. The van der Waals surface area contributed by atoms with Gasteiger partial charge in [0.25, 0.3) is 0 Å². The van der Waals surface area contributed by atoms with Gasteiger partial charge in [-0.15, -0.1) is 0 Å². The van der Waals surface area contributed by atoms with E-state index in [1.165, 1.54) is 17.0 Å². The van der Waals surface area contributed by atoms with Crippen LogP contribution in [0.3, 0.4) is 0 Å². The standard InChI is InChI=1S/C20H24N2/c1-4-19-21-18-13-9-8-12-17(18)20(22(19)14-15(2)3)16-10-6-5-7-11-16/h5-13,15,20H,4,14H2,1-3H3. The maximum atomic E-state index is 4.92. The van der Waals surface area contributed by atoms with Gasteiger partial charge >= 0.3 is 0 Å². The second-order valence-corrected chi connectivity index (χ2v) is 6.30. The monoisotopic (exact) mass is 292 g/mol. The Kier molecular flexibility index (Phi) is 4.28. The molecule has 1 aliphatic heterocycles. The lowest BCUT2D eigenvalue weighted by atomic mass is 9.93. The van der Waals surface area contributed by atoms with E-state index in [1.807, 2.05) is 0 Å². The predicted octanol–water partition coefficient (Wildman–Crippen LogP) is 5.19. The second-order valence-electron chi connectivity index (χ2n) is 6.30. The summed E-state index contributed by atoms with van der Waals surface area (Å²) >= 11 is 0. The van der Waals surface area contributed by atoms with Gasteiger partial charge in [-0.3, -0.25) is 0 Å². The highest BCUT2D eigenvalue weighted by atomic mass is 15.2. The summed E-state index contributed by atoms with van der Waals surface area (Å²) in [5.74, 6) is 1.80. The normalized spacial score (nSPS) is 17.4. The third kappa shape index (κ3) is 2.78. The number of rotatable bonds is 4. The van der Waals surface area contributed by atoms with E-state index in [-0.39, 0.29) is 6.04 Å². The molecule has 22 heavy (non-hydrogen) atoms. The predicted molar refractivity (Wildman–Crippen MR) is 93.7 cm³/mol. The zero-order valence-electron chi connectivity index (χ0n) is 13.7. The lowest BCUT2D eigenvalue weighted by Crippen LogP contribution is -2.39. The Morgan fingerprint density at radius 3 is 2.36 bits per heavy atom. The third-order valence-electron chi connectivity index (χ3n) is 4.12. The van der Waals surface area contributed by atoms with E-state index >= 15 is 0 Å². The van der Waals surface area contributed by atoms with Crippen molar-refractivity contribution in [3.05, 3.63) is 65.7 Å². The van der Waals surface area contributed by atoms with Crippen molar-refractivity contribution in [1.29, 1.82) is 0 Å². The number of amidine groups is 1. The first-order valence-corrected chi connectivity index (χ1v) is 8.18. The number of fused-ring (bicyclic) bond motifs is 1. The number of para-hydroxylation sites is 1. The van der Waals surface area contributed by atoms with Gasteiger partial charge in [0.2, 0.25) is 0 Å². The van der Waals surface area contributed by atoms with Crippen LogP contribution < -0.4 is 0 Å². The molecular formula is C20H24N2. The number of nitrogens with zero attached hydrogens (tertiary/aromatic N) is 2. The van der Waals surface area contributed by atoms with Gasteiger partial charge in [-0.2, -0.15) is 0 Å². The summed E-state index contributed by atoms with van der Waals surface area (Å²) < 4.78 is 0. The molecule has 1 unspecified atom stereocenters. The molecule has 0 aromatic heterocycles. The summed E-state index contributed by atoms with van der Waals surface area (Å²) in [6, 6.07) is 19.6. The first-order chi connectivity index (χ1) is 10.7. The van der Waals surface area contributed by atoms with Crippen molar-refractivity contribution in [3.63, 3.8) is 0 Å². The maximum absolute atomic E-state index is 4.92. The molecule has 1 heterocycles. The zero-order valence-corrected chi connectivity index (χ0v) is 13.7. The average molecular weight is 292 g/mol. The molecule has 1 aliphatic rings. The Balaban J connectivity index is 2.14. The first kappa shape index (κ1) is 14.8. The van der Waals surface area contributed by atoms with Crippen LogP contribution in [-0.4, -0.2) is 17.3 Å². The summed E-state index contributed by atoms with van der Waals surface area (Å²) in [4.78, 5) is 7.41. The molecule has 0 N–H and O–H groups in total. The lowest BCUT2D eigenvalue weighted by Gasteiger charge is -2.39. The van der Waals surface area contributed by atoms with E-state index in [0.717, 1.165) is 18.7 Å². The molecule has 0 fully saturated rings. The van der Waals surface area contributed by atoms with Crippen LogP contribution in [0.5, 0.6) is 0 Å². The lowest BCUT2D eigenvalue weighted by molar-refractivity contribution is 0.307. The van der Waals surface area contributed by atoms with Crippen LogP contribution in [0.1, 0.15) is 44.4 Å². The van der Waals surface area contributed by atoms with E-state index < -0.39 is 0 Å². The third-order valence-corrected chi connectivity index (χ3v) is 4.12. The van der Waals surface area contributed by atoms with Crippen molar-refractivity contribution >= 4 is 11.5 Å². The SMILES string of the molecule is CCC1=Nc2ccccc2C(c2ccccc2)N1CC(C)C. The van der Waals surface area contributed by atoms with Gasteiger partial charge < -0.3 is 4.90 Å². The fourth-order valence-corrected chi connectivity index (χ4v) is 3.22. The van der Waals surface area contributed by atoms with Crippen molar-refractivity contribution in [2.75, 3.05) is 6.54 Å². The molecule has 2 nitrogen and oxygen atoms in total. The van der Waals surface area contributed by atoms with Crippen molar-refractivity contribution in [2.45, 2.75) is 33.2 Å². The Morgan fingerprint density at radius 2 is 1.68 bits per heavy atom. The summed E-state index contributed by atoms with van der Waals surface area (Å²) in [5.41, 5.74) is 3.77. The van der Waals surface area contributed by atoms with Crippen LogP contribution in [-0.2, 0) is 0 Å². The summed E-state index contributed by atoms with van der Waals surface area (Å²) in [7, 11) is 0. The highest BCUT2D eigenvalue weighted by Gasteiger charge is 2.30. The molecule has 0 radical (unpaired) electrons. The average Bonchev–Trinajstić information content (AvgIpc) is 2.54. The Hall–Kier alpha value is -2.09. The molecule has 114 valence electrons. The van der Waals surface area contributed by atoms with Gasteiger partial charge in [0.15, 0.2) is 0 Å². The topological polar surface area (TPSA) is 15.6 Å². The molecule has 0 aliphatic carbocycles. The van der Waals surface area contributed by atoms with Crippen LogP contribution in [0.2, 0.25) is 0 Å². The van der Waals surface area contributed by atoms with Gasteiger partial charge in [0, 0.05) is 18.5 Å². The van der Waals surface area contributed by atoms with Crippen LogP contribution in [0.4, 0.5) is 5.69 Å². The fourth-order valence-electron chi connectivity index (χ4n) is 3.22. The number of hydrogen-bond donors (Lipinski definition) is 0. The van der Waals surface area contributed by atoms with E-state index in [1.54, 1.807) is 0 Å². The largest absolute Gasteiger partial charge is 0.349 e. The number of aliphatic imine (C=N–C) groups is 1. The molecule has 2 aromatic rings. The van der Waals surface area contributed by atoms with Crippen molar-refractivity contribution < 1.29 is 0 Å². The highest BCUT2D eigenvalue weighted by Crippen LogP contribution is 2.39. The van der Waals surface area contributed by atoms with Crippen molar-refractivity contribution in [3.8, 4) is 0 Å². The van der Waals surface area contributed by atoms with Gasteiger partial charge in [0.05, 0.1) is 11.7 Å². The second kappa shape index (κ2) is 6.35. The molecule has 1 atom stereocenters. The molecule has 0 bridgehead atoms. The van der Waals surface area contributed by atoms with E-state index in [4.69, 9.17) is 4.99 Å². The van der Waals surface area contributed by atoms with Gasteiger partial charge in [-0.25, -0.2) is 4.99 Å². The molecule has 3 rings (SSSR count). The quantitative estimate of drug-likeness (QED) is 0.757. The molecular weight excluding hydrogens is 268 g/mol. The summed E-state index contributed by atoms with van der Waals surface area (Å²) in [6.45, 7) is 7.77. The minimum atomic E-state index is 0.271. The van der Waals surface area contributed by atoms with E-state index in [0.29, 0.717) is 5.92 Å². The van der Waals surface area contributed by atoms with E-state index in [2.05, 4.69) is 80.3 Å².